The van der Waals surface area contributed by atoms with Crippen molar-refractivity contribution in [3.05, 3.63) is 53.6 Å². The van der Waals surface area contributed by atoms with E-state index in [4.69, 9.17) is 15.0 Å². The number of methoxy groups -OCH3 is 1. The van der Waals surface area contributed by atoms with E-state index in [1.54, 1.807) is 31.4 Å². The number of nitriles is 1. The Morgan fingerprint density at radius 1 is 1.21 bits per heavy atom. The van der Waals surface area contributed by atoms with Gasteiger partial charge in [0.1, 0.15) is 0 Å². The first-order valence-corrected chi connectivity index (χ1v) is 11.6. The summed E-state index contributed by atoms with van der Waals surface area (Å²) in [6.07, 6.45) is 7.18. The highest BCUT2D eigenvalue weighted by Gasteiger charge is 2.20. The van der Waals surface area contributed by atoms with Gasteiger partial charge in [0.25, 0.3) is 5.91 Å². The normalized spacial score (nSPS) is 14.2. The Bertz CT molecular complexity index is 1140. The summed E-state index contributed by atoms with van der Waals surface area (Å²) in [4.78, 5) is 20.0. The zero-order valence-electron chi connectivity index (χ0n) is 19.4. The number of nitrogens with zero attached hydrogens (tertiary/aromatic N) is 4. The van der Waals surface area contributed by atoms with Crippen LogP contribution in [-0.2, 0) is 11.3 Å². The van der Waals surface area contributed by atoms with Crippen LogP contribution in [0.4, 0.5) is 11.6 Å². The maximum absolute atomic E-state index is 12.9. The molecule has 0 unspecified atom stereocenters. The number of ether oxygens (including phenoxy) is 1. The van der Waals surface area contributed by atoms with Crippen LogP contribution in [0.1, 0.15) is 54.4 Å². The summed E-state index contributed by atoms with van der Waals surface area (Å²) in [5, 5.41) is 12.0. The van der Waals surface area contributed by atoms with Crippen LogP contribution in [0.5, 0.6) is 0 Å². The number of nitrogens with one attached hydrogen (secondary N) is 1. The maximum Gasteiger partial charge on any atom is 0.257 e. The van der Waals surface area contributed by atoms with Crippen LogP contribution in [0.15, 0.2) is 42.5 Å². The molecule has 0 aliphatic heterocycles. The molecule has 1 amide bonds. The first-order chi connectivity index (χ1) is 16.1. The number of rotatable bonds is 8. The third-order valence-corrected chi connectivity index (χ3v) is 6.49. The van der Waals surface area contributed by atoms with Crippen LogP contribution in [-0.4, -0.2) is 42.3 Å². The molecular formula is C26H31N5O2. The molecule has 0 spiro atoms. The molecule has 0 atom stereocenters. The second-order valence-electron chi connectivity index (χ2n) is 8.65. The standard InChI is InChI=1S/C26H31N5O2/c1-30(21-7-4-3-5-8-21)22-13-14-24-23(17-22)28-26(31(24)15-6-16-33-2)29-25(32)20-11-9-19(18-27)10-12-20/h9-14,17,21H,3-8,15-16H2,1-2H3,(H,28,29,32). The monoisotopic (exact) mass is 445 g/mol. The second kappa shape index (κ2) is 10.5. The van der Waals surface area contributed by atoms with Crippen molar-refractivity contribution in [1.82, 2.24) is 9.55 Å². The van der Waals surface area contributed by atoms with Crippen molar-refractivity contribution in [2.75, 3.05) is 31.0 Å². The molecule has 0 bridgehead atoms. The van der Waals surface area contributed by atoms with Crippen molar-refractivity contribution in [1.29, 1.82) is 5.26 Å². The fraction of sp³-hybridized carbons (Fsp3) is 0.423. The molecule has 1 aliphatic rings. The average molecular weight is 446 g/mol. The average Bonchev–Trinajstić information content (AvgIpc) is 3.20. The van der Waals surface area contributed by atoms with Crippen molar-refractivity contribution in [3.63, 3.8) is 0 Å². The van der Waals surface area contributed by atoms with Crippen molar-refractivity contribution in [2.45, 2.75) is 51.1 Å². The Balaban J connectivity index is 1.62. The first kappa shape index (κ1) is 22.8. The molecule has 0 radical (unpaired) electrons. The molecule has 1 fully saturated rings. The number of amides is 1. The van der Waals surface area contributed by atoms with Crippen molar-refractivity contribution < 1.29 is 9.53 Å². The number of anilines is 2. The Hall–Kier alpha value is -3.37. The second-order valence-corrected chi connectivity index (χ2v) is 8.65. The van der Waals surface area contributed by atoms with Crippen LogP contribution in [0.25, 0.3) is 11.0 Å². The summed E-state index contributed by atoms with van der Waals surface area (Å²) in [5.41, 5.74) is 4.01. The van der Waals surface area contributed by atoms with Crippen LogP contribution in [0.3, 0.4) is 0 Å². The topological polar surface area (TPSA) is 83.2 Å². The van der Waals surface area contributed by atoms with Crippen LogP contribution in [0, 0.1) is 11.3 Å². The number of hydrogen-bond donors (Lipinski definition) is 1. The molecule has 172 valence electrons. The summed E-state index contributed by atoms with van der Waals surface area (Å²) < 4.78 is 7.27. The number of aryl methyl sites for hydroxylation is 1. The van der Waals surface area contributed by atoms with Gasteiger partial charge in [-0.3, -0.25) is 10.1 Å². The quantitative estimate of drug-likeness (QED) is 0.495. The lowest BCUT2D eigenvalue weighted by Crippen LogP contribution is -2.33. The minimum Gasteiger partial charge on any atom is -0.385 e. The number of imidazole rings is 1. The summed E-state index contributed by atoms with van der Waals surface area (Å²) >= 11 is 0. The molecule has 4 rings (SSSR count). The Labute approximate surface area is 195 Å². The number of carbonyl (C=O) groups is 1. The van der Waals surface area contributed by atoms with Gasteiger partial charge in [0.05, 0.1) is 22.7 Å². The van der Waals surface area contributed by atoms with Gasteiger partial charge in [0.2, 0.25) is 5.95 Å². The van der Waals surface area contributed by atoms with Gasteiger partial charge in [-0.15, -0.1) is 0 Å². The molecule has 1 N–H and O–H groups in total. The van der Waals surface area contributed by atoms with Gasteiger partial charge in [-0.05, 0) is 61.7 Å². The van der Waals surface area contributed by atoms with Gasteiger partial charge >= 0.3 is 0 Å². The van der Waals surface area contributed by atoms with Crippen molar-refractivity contribution in [2.24, 2.45) is 0 Å². The minimum atomic E-state index is -0.248. The zero-order chi connectivity index (χ0) is 23.2. The highest BCUT2D eigenvalue weighted by molar-refractivity contribution is 6.04. The largest absolute Gasteiger partial charge is 0.385 e. The van der Waals surface area contributed by atoms with E-state index in [9.17, 15) is 4.79 Å². The van der Waals surface area contributed by atoms with Gasteiger partial charge < -0.3 is 14.2 Å². The van der Waals surface area contributed by atoms with Crippen LogP contribution in [0.2, 0.25) is 0 Å². The number of fused-ring (bicyclic) bond motifs is 1. The fourth-order valence-electron chi connectivity index (χ4n) is 4.58. The molecule has 2 aromatic carbocycles. The van der Waals surface area contributed by atoms with Crippen LogP contribution < -0.4 is 10.2 Å². The first-order valence-electron chi connectivity index (χ1n) is 11.6. The van der Waals surface area contributed by atoms with Gasteiger partial charge in [-0.2, -0.15) is 5.26 Å². The molecule has 7 heteroatoms. The summed E-state index contributed by atoms with van der Waals surface area (Å²) in [6, 6.07) is 15.6. The predicted molar refractivity (Wildman–Crippen MR) is 131 cm³/mol. The third-order valence-electron chi connectivity index (χ3n) is 6.49. The number of hydrogen-bond acceptors (Lipinski definition) is 5. The van der Waals surface area contributed by atoms with Crippen LogP contribution >= 0.6 is 0 Å². The third kappa shape index (κ3) is 5.18. The van der Waals surface area contributed by atoms with E-state index >= 15 is 0 Å². The number of carbonyl (C=O) groups excluding carboxylic acids is 1. The molecule has 1 aliphatic carbocycles. The van der Waals surface area contributed by atoms with E-state index in [1.807, 2.05) is 4.57 Å². The highest BCUT2D eigenvalue weighted by atomic mass is 16.5. The van der Waals surface area contributed by atoms with E-state index in [1.165, 1.54) is 32.1 Å². The lowest BCUT2D eigenvalue weighted by molar-refractivity contribution is 0.102. The van der Waals surface area contributed by atoms with E-state index in [0.29, 0.717) is 36.3 Å². The molecule has 3 aromatic rings. The molecule has 1 heterocycles. The predicted octanol–water partition coefficient (Wildman–Crippen LogP) is 4.97. The van der Waals surface area contributed by atoms with E-state index in [2.05, 4.69) is 41.5 Å². The molecule has 1 aromatic heterocycles. The molecule has 7 nitrogen and oxygen atoms in total. The van der Waals surface area contributed by atoms with E-state index < -0.39 is 0 Å². The Morgan fingerprint density at radius 3 is 2.67 bits per heavy atom. The van der Waals surface area contributed by atoms with E-state index in [-0.39, 0.29) is 5.91 Å². The van der Waals surface area contributed by atoms with Crippen molar-refractivity contribution >= 4 is 28.6 Å². The SMILES string of the molecule is COCCCn1c(NC(=O)c2ccc(C#N)cc2)nc2cc(N(C)C3CCCCC3)ccc21. The van der Waals surface area contributed by atoms with Crippen molar-refractivity contribution in [3.8, 4) is 6.07 Å². The van der Waals surface area contributed by atoms with Gasteiger partial charge in [-0.1, -0.05) is 19.3 Å². The maximum atomic E-state index is 12.9. The molecule has 0 saturated heterocycles. The lowest BCUT2D eigenvalue weighted by Gasteiger charge is -2.33. The van der Waals surface area contributed by atoms with Gasteiger partial charge in [0.15, 0.2) is 0 Å². The zero-order valence-corrected chi connectivity index (χ0v) is 19.4. The number of benzene rings is 2. The minimum absolute atomic E-state index is 0.248. The summed E-state index contributed by atoms with van der Waals surface area (Å²) in [6.45, 7) is 1.32. The van der Waals surface area contributed by atoms with Gasteiger partial charge in [-0.25, -0.2) is 4.98 Å². The number of aromatic nitrogens is 2. The lowest BCUT2D eigenvalue weighted by atomic mass is 9.94. The Morgan fingerprint density at radius 2 is 1.97 bits per heavy atom. The smallest absolute Gasteiger partial charge is 0.257 e. The van der Waals surface area contributed by atoms with E-state index in [0.717, 1.165) is 23.1 Å². The fourth-order valence-corrected chi connectivity index (χ4v) is 4.58. The molecule has 33 heavy (non-hydrogen) atoms. The molecular weight excluding hydrogens is 414 g/mol. The summed E-state index contributed by atoms with van der Waals surface area (Å²) in [7, 11) is 3.85. The molecule has 1 saturated carbocycles. The highest BCUT2D eigenvalue weighted by Crippen LogP contribution is 2.30. The Kier molecular flexibility index (Phi) is 7.26. The van der Waals surface area contributed by atoms with Gasteiger partial charge in [0, 0.05) is 44.6 Å². The summed E-state index contributed by atoms with van der Waals surface area (Å²) in [5.74, 6) is 0.273.